The minimum absolute atomic E-state index is 0.0393. The smallest absolute Gasteiger partial charge is 0.292 e. The number of amides is 3. The predicted molar refractivity (Wildman–Crippen MR) is 95.8 cm³/mol. The van der Waals surface area contributed by atoms with E-state index in [1.807, 2.05) is 18.2 Å². The van der Waals surface area contributed by atoms with Gasteiger partial charge in [0.05, 0.1) is 6.54 Å². The van der Waals surface area contributed by atoms with E-state index in [4.69, 9.17) is 0 Å². The first kappa shape index (κ1) is 16.9. The van der Waals surface area contributed by atoms with Crippen LogP contribution in [0.1, 0.15) is 35.7 Å². The minimum Gasteiger partial charge on any atom is -0.292 e. The zero-order valence-electron chi connectivity index (χ0n) is 14.3. The van der Waals surface area contributed by atoms with Crippen LogP contribution in [0.2, 0.25) is 0 Å². The Kier molecular flexibility index (Phi) is 4.65. The number of carbonyl (C=O) groups is 3. The van der Waals surface area contributed by atoms with Crippen molar-refractivity contribution in [2.75, 3.05) is 18.0 Å². The van der Waals surface area contributed by atoms with E-state index in [0.717, 1.165) is 10.5 Å². The Hall–Kier alpha value is -2.95. The largest absolute Gasteiger partial charge is 0.332 e. The third kappa shape index (κ3) is 3.45. The molecule has 0 unspecified atom stereocenters. The van der Waals surface area contributed by atoms with Crippen LogP contribution in [0.3, 0.4) is 0 Å². The van der Waals surface area contributed by atoms with Crippen LogP contribution in [-0.2, 0) is 4.79 Å². The van der Waals surface area contributed by atoms with Crippen LogP contribution in [0.4, 0.5) is 10.5 Å². The summed E-state index contributed by atoms with van der Waals surface area (Å²) >= 11 is 0. The topological polar surface area (TPSA) is 57.7 Å². The number of para-hydroxylation sites is 1. The molecule has 128 valence electrons. The van der Waals surface area contributed by atoms with E-state index in [0.29, 0.717) is 17.2 Å². The lowest BCUT2D eigenvalue weighted by Gasteiger charge is -2.16. The molecule has 5 heteroatoms. The van der Waals surface area contributed by atoms with Gasteiger partial charge in [0.1, 0.15) is 6.54 Å². The van der Waals surface area contributed by atoms with Crippen molar-refractivity contribution in [3.05, 3.63) is 65.7 Å². The Labute approximate surface area is 146 Å². The van der Waals surface area contributed by atoms with E-state index >= 15 is 0 Å². The third-order valence-corrected chi connectivity index (χ3v) is 4.33. The second-order valence-corrected chi connectivity index (χ2v) is 6.38. The molecule has 1 aliphatic heterocycles. The maximum atomic E-state index is 12.5. The molecule has 5 nitrogen and oxygen atoms in total. The molecule has 0 aliphatic carbocycles. The van der Waals surface area contributed by atoms with Crippen molar-refractivity contribution in [2.45, 2.75) is 19.8 Å². The van der Waals surface area contributed by atoms with Gasteiger partial charge >= 0.3 is 6.03 Å². The summed E-state index contributed by atoms with van der Waals surface area (Å²) in [4.78, 5) is 39.6. The van der Waals surface area contributed by atoms with Crippen LogP contribution < -0.4 is 4.90 Å². The summed E-state index contributed by atoms with van der Waals surface area (Å²) in [5, 5.41) is 0. The number of Topliss-reactive ketones (excluding diaryl/α,β-unsaturated/α-hetero) is 1. The molecular weight excluding hydrogens is 316 g/mol. The Morgan fingerprint density at radius 3 is 2.24 bits per heavy atom. The number of carbonyl (C=O) groups excluding carboxylic acids is 3. The first-order valence-electron chi connectivity index (χ1n) is 8.27. The number of nitrogens with zero attached hydrogens (tertiary/aromatic N) is 2. The lowest BCUT2D eigenvalue weighted by molar-refractivity contribution is -0.124. The van der Waals surface area contributed by atoms with Crippen molar-refractivity contribution < 1.29 is 14.4 Å². The molecule has 3 rings (SSSR count). The lowest BCUT2D eigenvalue weighted by Crippen LogP contribution is -2.37. The summed E-state index contributed by atoms with van der Waals surface area (Å²) in [6.45, 7) is 3.89. The Morgan fingerprint density at radius 2 is 1.64 bits per heavy atom. The van der Waals surface area contributed by atoms with Crippen LogP contribution in [0, 0.1) is 0 Å². The zero-order chi connectivity index (χ0) is 18.0. The molecule has 2 aromatic carbocycles. The van der Waals surface area contributed by atoms with Crippen molar-refractivity contribution in [2.24, 2.45) is 0 Å². The fourth-order valence-electron chi connectivity index (χ4n) is 2.79. The summed E-state index contributed by atoms with van der Waals surface area (Å²) in [6.07, 6.45) is 0. The second kappa shape index (κ2) is 6.89. The molecular formula is C20H20N2O3. The van der Waals surface area contributed by atoms with E-state index in [1.165, 1.54) is 4.90 Å². The highest BCUT2D eigenvalue weighted by Gasteiger charge is 2.37. The van der Waals surface area contributed by atoms with Gasteiger partial charge in [0.25, 0.3) is 5.91 Å². The van der Waals surface area contributed by atoms with Gasteiger partial charge in [-0.25, -0.2) is 4.79 Å². The van der Waals surface area contributed by atoms with Crippen LogP contribution in [0.15, 0.2) is 54.6 Å². The van der Waals surface area contributed by atoms with Crippen molar-refractivity contribution in [3.8, 4) is 0 Å². The first-order chi connectivity index (χ1) is 12.0. The van der Waals surface area contributed by atoms with Gasteiger partial charge in [-0.2, -0.15) is 0 Å². The van der Waals surface area contributed by atoms with Crippen molar-refractivity contribution in [3.63, 3.8) is 0 Å². The molecule has 0 saturated carbocycles. The Bertz CT molecular complexity index is 797. The number of urea groups is 1. The molecule has 1 heterocycles. The zero-order valence-corrected chi connectivity index (χ0v) is 14.3. The summed E-state index contributed by atoms with van der Waals surface area (Å²) in [7, 11) is 0. The first-order valence-corrected chi connectivity index (χ1v) is 8.27. The monoisotopic (exact) mass is 336 g/mol. The number of hydrogen-bond donors (Lipinski definition) is 0. The van der Waals surface area contributed by atoms with E-state index in [9.17, 15) is 14.4 Å². The van der Waals surface area contributed by atoms with Crippen LogP contribution in [-0.4, -0.2) is 35.7 Å². The molecule has 0 spiro atoms. The summed E-state index contributed by atoms with van der Waals surface area (Å²) in [6, 6.07) is 15.8. The van der Waals surface area contributed by atoms with Gasteiger partial charge in [-0.05, 0) is 23.6 Å². The Balaban J connectivity index is 1.73. The van der Waals surface area contributed by atoms with Gasteiger partial charge in [0, 0.05) is 11.3 Å². The predicted octanol–water partition coefficient (Wildman–Crippen LogP) is 3.46. The van der Waals surface area contributed by atoms with Gasteiger partial charge in [-0.1, -0.05) is 56.3 Å². The standard InChI is InChI=1S/C20H20N2O3/c1-14(2)15-8-10-16(11-9-15)18(23)12-22-19(24)13-21(20(22)25)17-6-4-3-5-7-17/h3-11,14H,12-13H2,1-2H3. The van der Waals surface area contributed by atoms with Gasteiger partial charge in [0.2, 0.25) is 0 Å². The molecule has 1 aliphatic rings. The van der Waals surface area contributed by atoms with Gasteiger partial charge < -0.3 is 0 Å². The molecule has 0 aromatic heterocycles. The number of benzene rings is 2. The fourth-order valence-corrected chi connectivity index (χ4v) is 2.79. The molecule has 0 atom stereocenters. The highest BCUT2D eigenvalue weighted by atomic mass is 16.2. The summed E-state index contributed by atoms with van der Waals surface area (Å²) < 4.78 is 0. The molecule has 0 N–H and O–H groups in total. The van der Waals surface area contributed by atoms with Gasteiger partial charge in [-0.3, -0.25) is 19.4 Å². The van der Waals surface area contributed by atoms with E-state index in [-0.39, 0.29) is 24.8 Å². The van der Waals surface area contributed by atoms with Crippen LogP contribution in [0.5, 0.6) is 0 Å². The minimum atomic E-state index is -0.455. The summed E-state index contributed by atoms with van der Waals surface area (Å²) in [5.74, 6) is -0.224. The van der Waals surface area contributed by atoms with Crippen molar-refractivity contribution in [1.82, 2.24) is 4.90 Å². The van der Waals surface area contributed by atoms with Crippen molar-refractivity contribution >= 4 is 23.4 Å². The molecule has 25 heavy (non-hydrogen) atoms. The summed E-state index contributed by atoms with van der Waals surface area (Å²) in [5.41, 5.74) is 2.29. The molecule has 1 fully saturated rings. The Morgan fingerprint density at radius 1 is 1.00 bits per heavy atom. The number of anilines is 1. The van der Waals surface area contributed by atoms with E-state index in [1.54, 1.807) is 36.4 Å². The molecule has 0 bridgehead atoms. The fraction of sp³-hybridized carbons (Fsp3) is 0.250. The third-order valence-electron chi connectivity index (χ3n) is 4.33. The normalized spacial score (nSPS) is 14.5. The maximum Gasteiger partial charge on any atom is 0.332 e. The quantitative estimate of drug-likeness (QED) is 0.620. The van der Waals surface area contributed by atoms with Crippen molar-refractivity contribution in [1.29, 1.82) is 0 Å². The number of rotatable bonds is 5. The molecule has 1 saturated heterocycles. The van der Waals surface area contributed by atoms with Crippen LogP contribution in [0.25, 0.3) is 0 Å². The number of imide groups is 1. The maximum absolute atomic E-state index is 12.5. The molecule has 0 radical (unpaired) electrons. The van der Waals surface area contributed by atoms with Gasteiger partial charge in [0.15, 0.2) is 5.78 Å². The van der Waals surface area contributed by atoms with Gasteiger partial charge in [-0.15, -0.1) is 0 Å². The van der Waals surface area contributed by atoms with Crippen LogP contribution >= 0.6 is 0 Å². The number of ketones is 1. The highest BCUT2D eigenvalue weighted by Crippen LogP contribution is 2.21. The molecule has 2 aromatic rings. The van der Waals surface area contributed by atoms with E-state index < -0.39 is 6.03 Å². The average Bonchev–Trinajstić information content (AvgIpc) is 2.90. The SMILES string of the molecule is CC(C)c1ccc(C(=O)CN2C(=O)CN(c3ccccc3)C2=O)cc1. The number of hydrogen-bond acceptors (Lipinski definition) is 3. The molecule has 3 amide bonds. The highest BCUT2D eigenvalue weighted by molar-refractivity contribution is 6.15. The second-order valence-electron chi connectivity index (χ2n) is 6.38. The lowest BCUT2D eigenvalue weighted by atomic mass is 10.0. The average molecular weight is 336 g/mol. The van der Waals surface area contributed by atoms with E-state index in [2.05, 4.69) is 13.8 Å².